The summed E-state index contributed by atoms with van der Waals surface area (Å²) in [7, 11) is 1.61. The van der Waals surface area contributed by atoms with Crippen LogP contribution in [0.2, 0.25) is 0 Å². The lowest BCUT2D eigenvalue weighted by Gasteiger charge is -2.19. The molecule has 0 fully saturated rings. The van der Waals surface area contributed by atoms with E-state index in [2.05, 4.69) is 45.3 Å². The van der Waals surface area contributed by atoms with Crippen LogP contribution in [0.5, 0.6) is 11.5 Å². The van der Waals surface area contributed by atoms with Crippen molar-refractivity contribution in [2.75, 3.05) is 18.2 Å². The van der Waals surface area contributed by atoms with Crippen molar-refractivity contribution >= 4 is 39.3 Å². The minimum atomic E-state index is -0.345. The number of para-hydroxylation sites is 2. The Hall–Kier alpha value is -2.52. The lowest BCUT2D eigenvalue weighted by molar-refractivity contribution is -0.113. The Morgan fingerprint density at radius 1 is 1.12 bits per heavy atom. The van der Waals surface area contributed by atoms with Gasteiger partial charge in [-0.15, -0.1) is 10.2 Å². The smallest absolute Gasteiger partial charge is 0.234 e. The first-order valence-electron chi connectivity index (χ1n) is 10.3. The van der Waals surface area contributed by atoms with E-state index in [-0.39, 0.29) is 17.8 Å². The van der Waals surface area contributed by atoms with Crippen LogP contribution in [-0.4, -0.2) is 33.5 Å². The van der Waals surface area contributed by atoms with Crippen molar-refractivity contribution < 1.29 is 14.3 Å². The average Bonchev–Trinajstić information content (AvgIpc) is 3.14. The van der Waals surface area contributed by atoms with Crippen LogP contribution in [0.3, 0.4) is 0 Å². The fourth-order valence-corrected chi connectivity index (χ4v) is 4.25. The molecule has 32 heavy (non-hydrogen) atoms. The highest BCUT2D eigenvalue weighted by atomic mass is 79.9. The molecule has 170 valence electrons. The average molecular weight is 519 g/mol. The van der Waals surface area contributed by atoms with E-state index in [0.717, 1.165) is 16.7 Å². The standard InChI is InChI=1S/C23H27BrN4O3S/c1-15(2)13-28-22(16(3)31-20-11-6-5-10-19(20)30-4)26-27-23(28)32-14-21(29)25-18-9-7-8-17(24)12-18/h5-12,15-16H,13-14H2,1-4H3,(H,25,29). The highest BCUT2D eigenvalue weighted by molar-refractivity contribution is 9.10. The summed E-state index contributed by atoms with van der Waals surface area (Å²) in [6, 6.07) is 15.0. The number of benzene rings is 2. The van der Waals surface area contributed by atoms with Crippen LogP contribution in [-0.2, 0) is 11.3 Å². The second-order valence-corrected chi connectivity index (χ2v) is 9.46. The molecule has 1 unspecified atom stereocenters. The number of hydrogen-bond acceptors (Lipinski definition) is 6. The number of carbonyl (C=O) groups excluding carboxylic acids is 1. The molecule has 1 N–H and O–H groups in total. The van der Waals surface area contributed by atoms with Gasteiger partial charge in [-0.1, -0.05) is 59.7 Å². The number of thioether (sulfide) groups is 1. The summed E-state index contributed by atoms with van der Waals surface area (Å²) in [6.07, 6.45) is -0.345. The molecule has 0 aliphatic rings. The monoisotopic (exact) mass is 518 g/mol. The summed E-state index contributed by atoms with van der Waals surface area (Å²) in [5.41, 5.74) is 0.744. The molecule has 0 saturated carbocycles. The molecule has 3 rings (SSSR count). The number of rotatable bonds is 10. The first kappa shape index (κ1) is 24.1. The van der Waals surface area contributed by atoms with Crippen LogP contribution < -0.4 is 14.8 Å². The molecular formula is C23H27BrN4O3S. The number of nitrogens with one attached hydrogen (secondary N) is 1. The molecule has 2 aromatic carbocycles. The van der Waals surface area contributed by atoms with Gasteiger partial charge in [0.2, 0.25) is 5.91 Å². The van der Waals surface area contributed by atoms with Crippen molar-refractivity contribution in [1.29, 1.82) is 0 Å². The van der Waals surface area contributed by atoms with Crippen LogP contribution in [0, 0.1) is 5.92 Å². The molecule has 1 amide bonds. The maximum atomic E-state index is 12.4. The van der Waals surface area contributed by atoms with E-state index in [1.807, 2.05) is 60.0 Å². The van der Waals surface area contributed by atoms with Gasteiger partial charge in [0.1, 0.15) is 0 Å². The number of anilines is 1. The van der Waals surface area contributed by atoms with Gasteiger partial charge >= 0.3 is 0 Å². The van der Waals surface area contributed by atoms with Gasteiger partial charge in [0.25, 0.3) is 0 Å². The number of hydrogen-bond donors (Lipinski definition) is 1. The Kier molecular flexibility index (Phi) is 8.58. The van der Waals surface area contributed by atoms with E-state index in [9.17, 15) is 4.79 Å². The van der Waals surface area contributed by atoms with Crippen molar-refractivity contribution in [2.45, 2.75) is 38.6 Å². The summed E-state index contributed by atoms with van der Waals surface area (Å²) in [5.74, 6) is 2.51. The third-order valence-corrected chi connectivity index (χ3v) is 5.93. The summed E-state index contributed by atoms with van der Waals surface area (Å²) in [6.45, 7) is 6.91. The minimum absolute atomic E-state index is 0.105. The minimum Gasteiger partial charge on any atom is -0.493 e. The number of methoxy groups -OCH3 is 1. The van der Waals surface area contributed by atoms with Crippen molar-refractivity contribution in [3.8, 4) is 11.5 Å². The highest BCUT2D eigenvalue weighted by Crippen LogP contribution is 2.31. The van der Waals surface area contributed by atoms with Crippen molar-refractivity contribution in [1.82, 2.24) is 14.8 Å². The van der Waals surface area contributed by atoms with Gasteiger partial charge in [-0.3, -0.25) is 4.79 Å². The molecule has 0 aliphatic heterocycles. The number of nitrogens with zero attached hydrogens (tertiary/aromatic N) is 3. The zero-order valence-corrected chi connectivity index (χ0v) is 20.9. The van der Waals surface area contributed by atoms with Gasteiger partial charge in [-0.05, 0) is 43.2 Å². The summed E-state index contributed by atoms with van der Waals surface area (Å²) >= 11 is 4.77. The van der Waals surface area contributed by atoms with Gasteiger partial charge in [-0.2, -0.15) is 0 Å². The molecule has 0 saturated heterocycles. The van der Waals surface area contributed by atoms with Crippen molar-refractivity contribution in [3.05, 3.63) is 58.8 Å². The van der Waals surface area contributed by atoms with E-state index in [4.69, 9.17) is 9.47 Å². The van der Waals surface area contributed by atoms with Crippen LogP contribution in [0.25, 0.3) is 0 Å². The Balaban J connectivity index is 1.72. The number of halogens is 1. The fraction of sp³-hybridized carbons (Fsp3) is 0.348. The van der Waals surface area contributed by atoms with Gasteiger partial charge in [0.15, 0.2) is 28.6 Å². The zero-order valence-electron chi connectivity index (χ0n) is 18.5. The lowest BCUT2D eigenvalue weighted by atomic mass is 10.2. The summed E-state index contributed by atoms with van der Waals surface area (Å²) in [4.78, 5) is 12.4. The first-order valence-corrected chi connectivity index (χ1v) is 12.1. The van der Waals surface area contributed by atoms with Crippen LogP contribution >= 0.6 is 27.7 Å². The lowest BCUT2D eigenvalue weighted by Crippen LogP contribution is -2.17. The molecule has 3 aromatic rings. The number of aromatic nitrogens is 3. The Morgan fingerprint density at radius 2 is 1.88 bits per heavy atom. The van der Waals surface area contributed by atoms with E-state index in [0.29, 0.717) is 28.4 Å². The fourth-order valence-electron chi connectivity index (χ4n) is 3.10. The van der Waals surface area contributed by atoms with Gasteiger partial charge in [-0.25, -0.2) is 0 Å². The molecule has 0 spiro atoms. The predicted octanol–water partition coefficient (Wildman–Crippen LogP) is 5.58. The van der Waals surface area contributed by atoms with Crippen molar-refractivity contribution in [2.24, 2.45) is 5.92 Å². The molecular weight excluding hydrogens is 492 g/mol. The summed E-state index contributed by atoms with van der Waals surface area (Å²) < 4.78 is 14.5. The third kappa shape index (κ3) is 6.49. The predicted molar refractivity (Wildman–Crippen MR) is 130 cm³/mol. The van der Waals surface area contributed by atoms with E-state index < -0.39 is 0 Å². The molecule has 9 heteroatoms. The van der Waals surface area contributed by atoms with Gasteiger partial charge < -0.3 is 19.4 Å². The second kappa shape index (κ2) is 11.4. The van der Waals surface area contributed by atoms with E-state index >= 15 is 0 Å². The molecule has 0 bridgehead atoms. The Bertz CT molecular complexity index is 1060. The van der Waals surface area contributed by atoms with Crippen LogP contribution in [0.4, 0.5) is 5.69 Å². The molecule has 7 nitrogen and oxygen atoms in total. The number of amides is 1. The Morgan fingerprint density at radius 3 is 2.56 bits per heavy atom. The maximum absolute atomic E-state index is 12.4. The second-order valence-electron chi connectivity index (χ2n) is 7.60. The quantitative estimate of drug-likeness (QED) is 0.353. The third-order valence-electron chi connectivity index (χ3n) is 4.47. The number of carbonyl (C=O) groups is 1. The maximum Gasteiger partial charge on any atom is 0.234 e. The van der Waals surface area contributed by atoms with E-state index in [1.54, 1.807) is 7.11 Å². The molecule has 0 radical (unpaired) electrons. The SMILES string of the molecule is COc1ccccc1OC(C)c1nnc(SCC(=O)Nc2cccc(Br)c2)n1CC(C)C. The molecule has 1 atom stereocenters. The Labute approximate surface area is 201 Å². The summed E-state index contributed by atoms with van der Waals surface area (Å²) in [5, 5.41) is 12.3. The normalized spacial score (nSPS) is 11.9. The number of ether oxygens (including phenoxy) is 2. The first-order chi connectivity index (χ1) is 15.4. The molecule has 0 aliphatic carbocycles. The molecule has 1 heterocycles. The highest BCUT2D eigenvalue weighted by Gasteiger charge is 2.22. The van der Waals surface area contributed by atoms with Crippen LogP contribution in [0.15, 0.2) is 58.2 Å². The van der Waals surface area contributed by atoms with Gasteiger partial charge in [0, 0.05) is 16.7 Å². The molecule has 1 aromatic heterocycles. The van der Waals surface area contributed by atoms with Crippen LogP contribution in [0.1, 0.15) is 32.7 Å². The largest absolute Gasteiger partial charge is 0.493 e. The van der Waals surface area contributed by atoms with Crippen molar-refractivity contribution in [3.63, 3.8) is 0 Å². The topological polar surface area (TPSA) is 78.3 Å². The van der Waals surface area contributed by atoms with E-state index in [1.165, 1.54) is 11.8 Å². The zero-order chi connectivity index (χ0) is 23.1. The van der Waals surface area contributed by atoms with Gasteiger partial charge in [0.05, 0.1) is 12.9 Å².